The van der Waals surface area contributed by atoms with Crippen LogP contribution in [0.2, 0.25) is 0 Å². The van der Waals surface area contributed by atoms with Crippen LogP contribution in [0.5, 0.6) is 0 Å². The van der Waals surface area contributed by atoms with Gasteiger partial charge in [0.05, 0.1) is 7.92 Å². The number of hydrogen-bond acceptors (Lipinski definition) is 1. The first-order valence-electron chi connectivity index (χ1n) is 13.9. The SMILES string of the molecule is [C-]#Cc1ccccc1.[Ru+6].[SH-].[Zr].c1cc[cH-]c1.c1cc[cH-]c1.c1cc[cH-]c1.c1ccc([PH+](c2ccccc2)c2ccccc2)cc1. The smallest absolute Gasteiger partial charge is 0.813 e. The Hall–Kier alpha value is -3.22. The number of rotatable bonds is 3. The van der Waals surface area contributed by atoms with Crippen molar-refractivity contribution < 1.29 is 45.7 Å². The monoisotopic (exact) mass is 784 g/mol. The summed E-state index contributed by atoms with van der Waals surface area (Å²) >= 11 is 0. The fourth-order valence-electron chi connectivity index (χ4n) is 3.80. The predicted molar refractivity (Wildman–Crippen MR) is 194 cm³/mol. The molecule has 0 saturated carbocycles. The first kappa shape index (κ1) is 41.8. The molecule has 7 aromatic rings. The van der Waals surface area contributed by atoms with E-state index in [1.54, 1.807) is 0 Å². The minimum absolute atomic E-state index is 0. The standard InChI is InChI=1S/C18H15P.C8H5.3C5H5.Ru.H2S.Zr/c1-4-10-16(11-5-1)19(17-12-6-2-7-13-17)18-14-8-3-9-15-18;1-2-8-6-4-3-5-7-8;3*1-2-4-5-3-1;;;/h1-15H;3-7H;3*1-5H;;1H2;/q;4*-1;+6;;. The van der Waals surface area contributed by atoms with Crippen LogP contribution in [-0.2, 0) is 59.2 Å². The molecule has 0 aliphatic carbocycles. The van der Waals surface area contributed by atoms with E-state index in [4.69, 9.17) is 6.42 Å². The summed E-state index contributed by atoms with van der Waals surface area (Å²) in [6.07, 6.45) is 6.69. The Bertz CT molecular complexity index is 1340. The summed E-state index contributed by atoms with van der Waals surface area (Å²) in [4.78, 5) is 0. The van der Waals surface area contributed by atoms with Gasteiger partial charge in [0, 0.05) is 26.2 Å². The van der Waals surface area contributed by atoms with E-state index in [2.05, 4.69) is 96.9 Å². The molecule has 0 spiro atoms. The van der Waals surface area contributed by atoms with Crippen LogP contribution >= 0.6 is 7.92 Å². The van der Waals surface area contributed by atoms with Gasteiger partial charge in [-0.1, -0.05) is 72.8 Å². The summed E-state index contributed by atoms with van der Waals surface area (Å²) < 4.78 is 0. The molecule has 0 bridgehead atoms. The fourth-order valence-corrected chi connectivity index (χ4v) is 6.38. The molecule has 7 rings (SSSR count). The molecule has 0 unspecified atom stereocenters. The number of hydrogen-bond donors (Lipinski definition) is 0. The zero-order valence-corrected chi connectivity index (χ0v) is 31.1. The van der Waals surface area contributed by atoms with E-state index < -0.39 is 7.92 Å². The van der Waals surface area contributed by atoms with E-state index in [9.17, 15) is 0 Å². The molecule has 0 N–H and O–H groups in total. The summed E-state index contributed by atoms with van der Waals surface area (Å²) in [5, 5.41) is 4.31. The molecule has 0 aromatic heterocycles. The molecule has 0 aliphatic rings. The maximum absolute atomic E-state index is 6.69. The van der Waals surface area contributed by atoms with Crippen molar-refractivity contribution in [3.63, 3.8) is 0 Å². The van der Waals surface area contributed by atoms with E-state index >= 15 is 0 Å². The Morgan fingerprint density at radius 2 is 0.644 bits per heavy atom. The molecule has 0 nitrogen and oxygen atoms in total. The molecule has 0 fully saturated rings. The van der Waals surface area contributed by atoms with Gasteiger partial charge in [0.25, 0.3) is 0 Å². The van der Waals surface area contributed by atoms with E-state index in [0.29, 0.717) is 0 Å². The molecule has 0 atom stereocenters. The molecule has 0 aliphatic heterocycles. The van der Waals surface area contributed by atoms with Crippen molar-refractivity contribution in [3.05, 3.63) is 224 Å². The van der Waals surface area contributed by atoms with Gasteiger partial charge in [-0.2, -0.15) is 54.6 Å². The zero-order chi connectivity index (χ0) is 29.3. The zero-order valence-electron chi connectivity index (χ0n) is 25.0. The average Bonchev–Trinajstić information content (AvgIpc) is 3.91. The molecule has 0 heterocycles. The van der Waals surface area contributed by atoms with Crippen LogP contribution in [-0.4, -0.2) is 0 Å². The number of thiol groups is 1. The van der Waals surface area contributed by atoms with Crippen LogP contribution in [0.3, 0.4) is 0 Å². The van der Waals surface area contributed by atoms with Crippen LogP contribution in [0.4, 0.5) is 0 Å². The van der Waals surface area contributed by atoms with Gasteiger partial charge in [-0.05, 0) is 36.4 Å². The third-order valence-corrected chi connectivity index (χ3v) is 8.50. The predicted octanol–water partition coefficient (Wildman–Crippen LogP) is 8.74. The fraction of sp³-hybridized carbons (Fsp3) is 0. The minimum Gasteiger partial charge on any atom is -0.813 e. The summed E-state index contributed by atoms with van der Waals surface area (Å²) in [7, 11) is -0.877. The molecule has 45 heavy (non-hydrogen) atoms. The van der Waals surface area contributed by atoms with Crippen molar-refractivity contribution in [1.29, 1.82) is 0 Å². The summed E-state index contributed by atoms with van der Waals surface area (Å²) in [6.45, 7) is 0. The average molecular weight is 785 g/mol. The Morgan fingerprint density at radius 3 is 0.822 bits per heavy atom. The van der Waals surface area contributed by atoms with Gasteiger partial charge < -0.3 is 19.9 Å². The Balaban J connectivity index is 0.000000616. The maximum atomic E-state index is 6.69. The second-order valence-corrected chi connectivity index (χ2v) is 11.3. The van der Waals surface area contributed by atoms with Crippen molar-refractivity contribution in [2.24, 2.45) is 0 Å². The molecule has 7 aromatic carbocycles. The van der Waals surface area contributed by atoms with Crippen LogP contribution in [0.15, 0.2) is 212 Å². The van der Waals surface area contributed by atoms with Crippen molar-refractivity contribution in [1.82, 2.24) is 0 Å². The molecule has 0 saturated heterocycles. The third kappa shape index (κ3) is 18.4. The summed E-state index contributed by atoms with van der Waals surface area (Å²) in [5.74, 6) is 2.28. The quantitative estimate of drug-likeness (QED) is 0.0432. The van der Waals surface area contributed by atoms with Crippen molar-refractivity contribution in [2.45, 2.75) is 0 Å². The van der Waals surface area contributed by atoms with Gasteiger partial charge in [0.2, 0.25) is 0 Å². The largest absolute Gasteiger partial charge is 6.00 e. The van der Waals surface area contributed by atoms with E-state index in [0.717, 1.165) is 5.56 Å². The van der Waals surface area contributed by atoms with Crippen LogP contribution in [0.1, 0.15) is 5.56 Å². The first-order valence-corrected chi connectivity index (χ1v) is 15.4. The Kier molecular flexibility index (Phi) is 26.2. The summed E-state index contributed by atoms with van der Waals surface area (Å²) in [6, 6.07) is 71.9. The maximum Gasteiger partial charge on any atom is 6.00 e. The van der Waals surface area contributed by atoms with Crippen molar-refractivity contribution >= 4 is 37.3 Å². The molecule has 0 amide bonds. The second kappa shape index (κ2) is 28.3. The topological polar surface area (TPSA) is 0 Å². The first-order chi connectivity index (χ1) is 20.9. The van der Waals surface area contributed by atoms with E-state index in [-0.39, 0.29) is 59.2 Å². The Labute approximate surface area is 310 Å². The molecular formula is C41H37PRuSZr+2. The van der Waals surface area contributed by atoms with Gasteiger partial charge in [-0.15, -0.1) is 17.7 Å². The Morgan fingerprint density at radius 1 is 0.400 bits per heavy atom. The molecule has 0 radical (unpaired) electrons. The van der Waals surface area contributed by atoms with Gasteiger partial charge in [-0.25, -0.2) is 36.4 Å². The summed E-state index contributed by atoms with van der Waals surface area (Å²) in [5.41, 5.74) is 0.826. The van der Waals surface area contributed by atoms with Crippen LogP contribution < -0.4 is 15.9 Å². The molecule has 4 heteroatoms. The minimum atomic E-state index is -0.877. The van der Waals surface area contributed by atoms with Gasteiger partial charge in [0.1, 0.15) is 15.9 Å². The van der Waals surface area contributed by atoms with Gasteiger partial charge in [-0.3, -0.25) is 5.92 Å². The van der Waals surface area contributed by atoms with Crippen LogP contribution in [0.25, 0.3) is 0 Å². The van der Waals surface area contributed by atoms with Crippen molar-refractivity contribution in [2.75, 3.05) is 0 Å². The third-order valence-electron chi connectivity index (χ3n) is 5.77. The van der Waals surface area contributed by atoms with Gasteiger partial charge >= 0.3 is 19.5 Å². The molecular weight excluding hydrogens is 748 g/mol. The van der Waals surface area contributed by atoms with E-state index in [1.165, 1.54) is 15.9 Å². The normalized spacial score (nSPS) is 8.53. The second-order valence-electron chi connectivity index (χ2n) is 8.85. The number of benzene rings is 4. The van der Waals surface area contributed by atoms with Crippen LogP contribution in [0, 0.1) is 12.3 Å². The van der Waals surface area contributed by atoms with E-state index in [1.807, 2.05) is 121 Å². The molecule has 222 valence electrons. The van der Waals surface area contributed by atoms with Crippen molar-refractivity contribution in [3.8, 4) is 5.92 Å². The van der Waals surface area contributed by atoms with Gasteiger partial charge in [0.15, 0.2) is 0 Å².